The number of amides is 1. The van der Waals surface area contributed by atoms with Gasteiger partial charge in [0.1, 0.15) is 28.7 Å². The number of hydrogen-bond donors (Lipinski definition) is 2. The summed E-state index contributed by atoms with van der Waals surface area (Å²) in [6.45, 7) is 5.43. The topological polar surface area (TPSA) is 108 Å². The molecule has 1 amide bonds. The molecule has 0 aliphatic carbocycles. The lowest BCUT2D eigenvalue weighted by atomic mass is 10.1. The molecule has 196 valence electrons. The standard InChI is InChI=1S/C29H29N3O6/c1-29(2,3)38-28(34)32-24-10-11-25(23-9-7-6-8-22(23)24)37-20-12-13-30-26(17-20)31-19-14-18(27(33)36-5)15-21(16-19)35-4/h6-17H,1-5H3,(H,30,31)(H,32,34). The number of carbonyl (C=O) groups excluding carboxylic acids is 2. The van der Waals surface area contributed by atoms with Crippen molar-refractivity contribution in [3.05, 3.63) is 78.5 Å². The maximum Gasteiger partial charge on any atom is 0.412 e. The van der Waals surface area contributed by atoms with Crippen LogP contribution in [0.15, 0.2) is 72.9 Å². The second-order valence-electron chi connectivity index (χ2n) is 9.33. The Labute approximate surface area is 220 Å². The molecule has 0 saturated heterocycles. The minimum Gasteiger partial charge on any atom is -0.497 e. The summed E-state index contributed by atoms with van der Waals surface area (Å²) in [6.07, 6.45) is 1.08. The fraction of sp³-hybridized carbons (Fsp3) is 0.207. The van der Waals surface area contributed by atoms with Crippen molar-refractivity contribution >= 4 is 40.0 Å². The van der Waals surface area contributed by atoms with Gasteiger partial charge < -0.3 is 24.3 Å². The molecular weight excluding hydrogens is 486 g/mol. The van der Waals surface area contributed by atoms with E-state index >= 15 is 0 Å². The van der Waals surface area contributed by atoms with E-state index in [9.17, 15) is 9.59 Å². The smallest absolute Gasteiger partial charge is 0.412 e. The van der Waals surface area contributed by atoms with Crippen molar-refractivity contribution in [2.45, 2.75) is 26.4 Å². The molecule has 0 aliphatic rings. The zero-order chi connectivity index (χ0) is 27.3. The van der Waals surface area contributed by atoms with Crippen LogP contribution in [0, 0.1) is 0 Å². The first kappa shape index (κ1) is 26.3. The van der Waals surface area contributed by atoms with Crippen LogP contribution < -0.4 is 20.1 Å². The molecule has 0 radical (unpaired) electrons. The third kappa shape index (κ3) is 6.50. The fourth-order valence-corrected chi connectivity index (χ4v) is 3.73. The highest BCUT2D eigenvalue weighted by Crippen LogP contribution is 2.35. The lowest BCUT2D eigenvalue weighted by molar-refractivity contribution is 0.0598. The molecule has 9 nitrogen and oxygen atoms in total. The molecule has 0 atom stereocenters. The third-order valence-corrected chi connectivity index (χ3v) is 5.31. The summed E-state index contributed by atoms with van der Waals surface area (Å²) in [7, 11) is 2.84. The van der Waals surface area contributed by atoms with Gasteiger partial charge in [-0.1, -0.05) is 24.3 Å². The van der Waals surface area contributed by atoms with E-state index in [1.54, 1.807) is 48.7 Å². The summed E-state index contributed by atoms with van der Waals surface area (Å²) in [5.74, 6) is 1.65. The molecule has 0 spiro atoms. The SMILES string of the molecule is COC(=O)c1cc(Nc2cc(Oc3ccc(NC(=O)OC(C)(C)C)c4ccccc34)ccn2)cc(OC)c1. The fourth-order valence-electron chi connectivity index (χ4n) is 3.73. The first-order valence-corrected chi connectivity index (χ1v) is 11.9. The second-order valence-corrected chi connectivity index (χ2v) is 9.33. The summed E-state index contributed by atoms with van der Waals surface area (Å²) in [6, 6.07) is 19.6. The number of aromatic nitrogens is 1. The summed E-state index contributed by atoms with van der Waals surface area (Å²) in [5, 5.41) is 7.59. The van der Waals surface area contributed by atoms with Gasteiger partial charge in [-0.3, -0.25) is 5.32 Å². The molecule has 4 rings (SSSR count). The predicted octanol–water partition coefficient (Wildman–Crippen LogP) is 6.91. The number of benzene rings is 3. The monoisotopic (exact) mass is 515 g/mol. The normalized spacial score (nSPS) is 11.0. The van der Waals surface area contributed by atoms with Gasteiger partial charge >= 0.3 is 12.1 Å². The van der Waals surface area contributed by atoms with Gasteiger partial charge in [-0.15, -0.1) is 0 Å². The summed E-state index contributed by atoms with van der Waals surface area (Å²) in [4.78, 5) is 28.7. The molecule has 1 aromatic heterocycles. The lowest BCUT2D eigenvalue weighted by Gasteiger charge is -2.20. The largest absolute Gasteiger partial charge is 0.497 e. The van der Waals surface area contributed by atoms with Gasteiger partial charge in [-0.2, -0.15) is 0 Å². The quantitative estimate of drug-likeness (QED) is 0.256. The second kappa shape index (κ2) is 11.1. The van der Waals surface area contributed by atoms with Crippen molar-refractivity contribution in [1.29, 1.82) is 0 Å². The number of nitrogens with zero attached hydrogens (tertiary/aromatic N) is 1. The Morgan fingerprint density at radius 1 is 0.868 bits per heavy atom. The molecule has 1 heterocycles. The molecule has 4 aromatic rings. The first-order valence-electron chi connectivity index (χ1n) is 11.9. The number of rotatable bonds is 7. The first-order chi connectivity index (χ1) is 18.1. The van der Waals surface area contributed by atoms with Crippen LogP contribution in [0.4, 0.5) is 22.0 Å². The van der Waals surface area contributed by atoms with Gasteiger partial charge in [0.25, 0.3) is 0 Å². The van der Waals surface area contributed by atoms with Crippen LogP contribution in [0.3, 0.4) is 0 Å². The van der Waals surface area contributed by atoms with Crippen molar-refractivity contribution in [3.8, 4) is 17.2 Å². The summed E-state index contributed by atoms with van der Waals surface area (Å²) in [5.41, 5.74) is 0.936. The van der Waals surface area contributed by atoms with E-state index in [0.29, 0.717) is 40.0 Å². The number of fused-ring (bicyclic) bond motifs is 1. The van der Waals surface area contributed by atoms with E-state index in [4.69, 9.17) is 18.9 Å². The third-order valence-electron chi connectivity index (χ3n) is 5.31. The molecule has 0 unspecified atom stereocenters. The minimum absolute atomic E-state index is 0.341. The Morgan fingerprint density at radius 3 is 2.34 bits per heavy atom. The van der Waals surface area contributed by atoms with E-state index in [1.165, 1.54) is 14.2 Å². The molecule has 9 heteroatoms. The molecule has 2 N–H and O–H groups in total. The van der Waals surface area contributed by atoms with Crippen LogP contribution in [-0.2, 0) is 9.47 Å². The van der Waals surface area contributed by atoms with Crippen LogP contribution in [0.5, 0.6) is 17.2 Å². The summed E-state index contributed by atoms with van der Waals surface area (Å²) < 4.78 is 21.7. The van der Waals surface area contributed by atoms with Crippen LogP contribution in [0.25, 0.3) is 10.8 Å². The molecular formula is C29H29N3O6. The van der Waals surface area contributed by atoms with Gasteiger partial charge in [0.2, 0.25) is 0 Å². The molecule has 0 bridgehead atoms. The van der Waals surface area contributed by atoms with Crippen LogP contribution >= 0.6 is 0 Å². The molecule has 38 heavy (non-hydrogen) atoms. The van der Waals surface area contributed by atoms with Crippen molar-refractivity contribution in [2.75, 3.05) is 24.9 Å². The van der Waals surface area contributed by atoms with Gasteiger partial charge in [-0.25, -0.2) is 14.6 Å². The Bertz CT molecular complexity index is 1480. The highest BCUT2D eigenvalue weighted by atomic mass is 16.6. The van der Waals surface area contributed by atoms with E-state index in [1.807, 2.05) is 45.0 Å². The maximum atomic E-state index is 12.3. The van der Waals surface area contributed by atoms with Crippen LogP contribution in [0.1, 0.15) is 31.1 Å². The number of methoxy groups -OCH3 is 2. The Kier molecular flexibility index (Phi) is 7.66. The summed E-state index contributed by atoms with van der Waals surface area (Å²) >= 11 is 0. The average Bonchev–Trinajstić information content (AvgIpc) is 2.88. The molecule has 3 aromatic carbocycles. The minimum atomic E-state index is -0.609. The van der Waals surface area contributed by atoms with Crippen LogP contribution in [0.2, 0.25) is 0 Å². The van der Waals surface area contributed by atoms with Gasteiger partial charge in [-0.05, 0) is 51.1 Å². The molecule has 0 fully saturated rings. The number of ether oxygens (including phenoxy) is 4. The highest BCUT2D eigenvalue weighted by molar-refractivity contribution is 6.03. The zero-order valence-corrected chi connectivity index (χ0v) is 21.8. The van der Waals surface area contributed by atoms with Crippen molar-refractivity contribution < 1.29 is 28.5 Å². The van der Waals surface area contributed by atoms with E-state index in [0.717, 1.165) is 10.8 Å². The predicted molar refractivity (Wildman–Crippen MR) is 146 cm³/mol. The van der Waals surface area contributed by atoms with Crippen molar-refractivity contribution in [1.82, 2.24) is 4.98 Å². The molecule has 0 saturated carbocycles. The number of anilines is 3. The Morgan fingerprint density at radius 2 is 1.63 bits per heavy atom. The number of hydrogen-bond acceptors (Lipinski definition) is 8. The Balaban J connectivity index is 1.58. The Hall–Kier alpha value is -4.79. The van der Waals surface area contributed by atoms with E-state index in [2.05, 4.69) is 15.6 Å². The number of nitrogens with one attached hydrogen (secondary N) is 2. The number of pyridine rings is 1. The maximum absolute atomic E-state index is 12.3. The number of carbonyl (C=O) groups is 2. The van der Waals surface area contributed by atoms with Crippen molar-refractivity contribution in [3.63, 3.8) is 0 Å². The van der Waals surface area contributed by atoms with E-state index in [-0.39, 0.29) is 0 Å². The van der Waals surface area contributed by atoms with Gasteiger partial charge in [0, 0.05) is 34.8 Å². The van der Waals surface area contributed by atoms with E-state index < -0.39 is 17.7 Å². The van der Waals surface area contributed by atoms with Crippen molar-refractivity contribution in [2.24, 2.45) is 0 Å². The lowest BCUT2D eigenvalue weighted by Crippen LogP contribution is -2.27. The highest BCUT2D eigenvalue weighted by Gasteiger charge is 2.18. The van der Waals surface area contributed by atoms with Gasteiger partial charge in [0.15, 0.2) is 0 Å². The average molecular weight is 516 g/mol. The van der Waals surface area contributed by atoms with Crippen LogP contribution in [-0.4, -0.2) is 36.9 Å². The molecule has 0 aliphatic heterocycles. The number of esters is 1. The van der Waals surface area contributed by atoms with Gasteiger partial charge in [0.05, 0.1) is 25.5 Å². The zero-order valence-electron chi connectivity index (χ0n) is 21.8.